The fraction of sp³-hybridized carbons (Fsp3) is 0.346. The second kappa shape index (κ2) is 12.8. The maximum atomic E-state index is 13.2. The topological polar surface area (TPSA) is 131 Å². The Balaban J connectivity index is 1.53. The monoisotopic (exact) mass is 574 g/mol. The van der Waals surface area contributed by atoms with Crippen molar-refractivity contribution in [3.63, 3.8) is 0 Å². The number of pyridine rings is 1. The van der Waals surface area contributed by atoms with E-state index in [0.29, 0.717) is 42.9 Å². The fourth-order valence-corrected chi connectivity index (χ4v) is 4.68. The van der Waals surface area contributed by atoms with Crippen LogP contribution in [0.15, 0.2) is 42.6 Å². The zero-order valence-corrected chi connectivity index (χ0v) is 22.1. The lowest BCUT2D eigenvalue weighted by Crippen LogP contribution is -2.42. The van der Waals surface area contributed by atoms with Gasteiger partial charge >= 0.3 is 6.18 Å². The summed E-state index contributed by atoms with van der Waals surface area (Å²) in [5.74, 6) is -0.145. The van der Waals surface area contributed by atoms with Crippen LogP contribution < -0.4 is 14.8 Å². The molecule has 2 amide bonds. The van der Waals surface area contributed by atoms with Gasteiger partial charge in [0, 0.05) is 31.5 Å². The molecular weight excluding hydrogens is 549 g/mol. The molecular formula is C26H25F3N6O4S. The molecule has 2 N–H and O–H groups in total. The third-order valence-corrected chi connectivity index (χ3v) is 6.61. The van der Waals surface area contributed by atoms with Gasteiger partial charge in [-0.25, -0.2) is 9.67 Å². The Hall–Kier alpha value is -4.09. The van der Waals surface area contributed by atoms with E-state index < -0.39 is 24.6 Å². The first-order chi connectivity index (χ1) is 19.2. The number of methoxy groups -OCH3 is 1. The summed E-state index contributed by atoms with van der Waals surface area (Å²) in [6.07, 6.45) is -1.82. The number of aryl methyl sites for hydroxylation is 1. The number of benzene rings is 1. The number of ether oxygens (including phenoxy) is 2. The molecule has 14 heteroatoms. The van der Waals surface area contributed by atoms with Crippen LogP contribution in [-0.2, 0) is 17.6 Å². The minimum absolute atomic E-state index is 0.0163. The molecule has 0 radical (unpaired) electrons. The Morgan fingerprint density at radius 1 is 1.32 bits per heavy atom. The first-order valence-electron chi connectivity index (χ1n) is 12.2. The highest BCUT2D eigenvalue weighted by atomic mass is 32.2. The Labute approximate surface area is 232 Å². The van der Waals surface area contributed by atoms with E-state index in [1.807, 2.05) is 6.07 Å². The normalized spacial score (nSPS) is 14.7. The summed E-state index contributed by atoms with van der Waals surface area (Å²) in [5.41, 5.74) is 1.64. The van der Waals surface area contributed by atoms with Gasteiger partial charge in [0.25, 0.3) is 11.8 Å². The lowest BCUT2D eigenvalue weighted by atomic mass is 9.95. The van der Waals surface area contributed by atoms with Gasteiger partial charge < -0.3 is 14.8 Å². The van der Waals surface area contributed by atoms with E-state index in [1.165, 1.54) is 35.1 Å². The van der Waals surface area contributed by atoms with Crippen LogP contribution in [0, 0.1) is 11.3 Å². The number of nitrogens with zero attached hydrogens (tertiary/aromatic N) is 4. The highest BCUT2D eigenvalue weighted by molar-refractivity contribution is 7.97. The number of amides is 2. The minimum Gasteiger partial charge on any atom is -0.484 e. The van der Waals surface area contributed by atoms with Crippen LogP contribution in [0.5, 0.6) is 5.75 Å². The predicted octanol–water partition coefficient (Wildman–Crippen LogP) is 3.39. The van der Waals surface area contributed by atoms with E-state index in [0.717, 1.165) is 17.5 Å². The standard InChI is InChI=1S/C26H25F3N6O4S/c1-38-9-10-40-34-25(37)23-22-20(33-35(23)21-8-6-17(13-30)14-31-21)12-18(32-24(22)36)7-5-16-3-2-4-19(11-16)39-15-26(27,28)29/h2-4,6,8,11,14,18H,5,7,9-10,12,15H2,1H3,(H,32,36)(H,34,37). The molecule has 0 aliphatic carbocycles. The van der Waals surface area contributed by atoms with E-state index in [9.17, 15) is 22.8 Å². The van der Waals surface area contributed by atoms with Crippen molar-refractivity contribution in [2.45, 2.75) is 31.5 Å². The molecule has 3 heterocycles. The molecule has 210 valence electrons. The summed E-state index contributed by atoms with van der Waals surface area (Å²) in [4.78, 5) is 30.6. The largest absolute Gasteiger partial charge is 0.484 e. The third kappa shape index (κ3) is 7.30. The van der Waals surface area contributed by atoms with Crippen LogP contribution >= 0.6 is 11.9 Å². The molecule has 1 aromatic carbocycles. The Kier molecular flexibility index (Phi) is 9.28. The number of nitriles is 1. The van der Waals surface area contributed by atoms with Crippen molar-refractivity contribution in [2.75, 3.05) is 26.1 Å². The number of alkyl halides is 3. The van der Waals surface area contributed by atoms with Gasteiger partial charge in [-0.2, -0.15) is 23.5 Å². The van der Waals surface area contributed by atoms with Gasteiger partial charge in [-0.05, 0) is 54.6 Å². The first-order valence-corrected chi connectivity index (χ1v) is 13.2. The van der Waals surface area contributed by atoms with Gasteiger partial charge in [0.1, 0.15) is 17.5 Å². The average Bonchev–Trinajstić information content (AvgIpc) is 3.33. The molecule has 0 saturated carbocycles. The van der Waals surface area contributed by atoms with E-state index >= 15 is 0 Å². The maximum Gasteiger partial charge on any atom is 0.422 e. The van der Waals surface area contributed by atoms with Crippen molar-refractivity contribution in [1.82, 2.24) is 24.8 Å². The van der Waals surface area contributed by atoms with Crippen molar-refractivity contribution in [3.05, 3.63) is 70.7 Å². The molecule has 1 unspecified atom stereocenters. The molecule has 0 spiro atoms. The Bertz CT molecular complexity index is 1400. The molecule has 1 aliphatic heterocycles. The fourth-order valence-electron chi connectivity index (χ4n) is 4.10. The van der Waals surface area contributed by atoms with E-state index in [-0.39, 0.29) is 28.9 Å². The molecule has 10 nitrogen and oxygen atoms in total. The van der Waals surface area contributed by atoms with Crippen molar-refractivity contribution in [2.24, 2.45) is 0 Å². The molecule has 0 bridgehead atoms. The second-order valence-corrected chi connectivity index (χ2v) is 9.74. The summed E-state index contributed by atoms with van der Waals surface area (Å²) in [6.45, 7) is -0.964. The number of rotatable bonds is 11. The summed E-state index contributed by atoms with van der Waals surface area (Å²) in [5, 5.41) is 16.6. The molecule has 2 aromatic heterocycles. The van der Waals surface area contributed by atoms with Crippen LogP contribution in [0.25, 0.3) is 5.82 Å². The van der Waals surface area contributed by atoms with Crippen molar-refractivity contribution in [3.8, 4) is 17.6 Å². The average molecular weight is 575 g/mol. The van der Waals surface area contributed by atoms with E-state index in [1.54, 1.807) is 19.2 Å². The SMILES string of the molecule is COCCSNC(=O)c1c2c(nn1-c1ccc(C#N)cn1)CC(CCc1cccc(OCC(F)(F)F)c1)NC2=O. The van der Waals surface area contributed by atoms with E-state index in [2.05, 4.69) is 20.1 Å². The number of nitrogens with one attached hydrogen (secondary N) is 2. The summed E-state index contributed by atoms with van der Waals surface area (Å²) < 4.78 is 51.3. The maximum absolute atomic E-state index is 13.2. The molecule has 3 aromatic rings. The van der Waals surface area contributed by atoms with Gasteiger partial charge in [0.05, 0.1) is 23.4 Å². The minimum atomic E-state index is -4.44. The molecule has 0 fully saturated rings. The molecule has 1 aliphatic rings. The van der Waals surface area contributed by atoms with Crippen molar-refractivity contribution >= 4 is 23.8 Å². The zero-order valence-electron chi connectivity index (χ0n) is 21.3. The number of hydrogen-bond acceptors (Lipinski definition) is 8. The molecule has 0 saturated heterocycles. The number of carbonyl (C=O) groups is 2. The quantitative estimate of drug-likeness (QED) is 0.263. The van der Waals surface area contributed by atoms with Crippen LogP contribution in [0.1, 0.15) is 44.1 Å². The van der Waals surface area contributed by atoms with Crippen molar-refractivity contribution < 1.29 is 32.2 Å². The van der Waals surface area contributed by atoms with Gasteiger partial charge in [-0.1, -0.05) is 12.1 Å². The smallest absolute Gasteiger partial charge is 0.422 e. The summed E-state index contributed by atoms with van der Waals surface area (Å²) in [6, 6.07) is 11.1. The number of carbonyl (C=O) groups excluding carboxylic acids is 2. The number of hydrogen-bond donors (Lipinski definition) is 2. The highest BCUT2D eigenvalue weighted by Gasteiger charge is 2.35. The Morgan fingerprint density at radius 3 is 2.85 bits per heavy atom. The van der Waals surface area contributed by atoms with Gasteiger partial charge in [0.15, 0.2) is 12.4 Å². The third-order valence-electron chi connectivity index (χ3n) is 5.91. The lowest BCUT2D eigenvalue weighted by molar-refractivity contribution is -0.153. The molecule has 4 rings (SSSR count). The van der Waals surface area contributed by atoms with Crippen LogP contribution in [0.4, 0.5) is 13.2 Å². The zero-order chi connectivity index (χ0) is 28.7. The van der Waals surface area contributed by atoms with Gasteiger partial charge in [0.2, 0.25) is 0 Å². The van der Waals surface area contributed by atoms with Crippen LogP contribution in [0.2, 0.25) is 0 Å². The number of aromatic nitrogens is 3. The Morgan fingerprint density at radius 2 is 2.15 bits per heavy atom. The van der Waals surface area contributed by atoms with Crippen molar-refractivity contribution in [1.29, 1.82) is 5.26 Å². The second-order valence-electron chi connectivity index (χ2n) is 8.84. The lowest BCUT2D eigenvalue weighted by Gasteiger charge is -2.23. The first kappa shape index (κ1) is 28.9. The van der Waals surface area contributed by atoms with E-state index in [4.69, 9.17) is 14.7 Å². The molecule has 1 atom stereocenters. The van der Waals surface area contributed by atoms with Crippen LogP contribution in [0.3, 0.4) is 0 Å². The summed E-state index contributed by atoms with van der Waals surface area (Å²) in [7, 11) is 1.55. The highest BCUT2D eigenvalue weighted by Crippen LogP contribution is 2.26. The number of fused-ring (bicyclic) bond motifs is 1. The number of halogens is 3. The van der Waals surface area contributed by atoms with Gasteiger partial charge in [-0.3, -0.25) is 14.3 Å². The van der Waals surface area contributed by atoms with Gasteiger partial charge in [-0.15, -0.1) is 0 Å². The molecule has 40 heavy (non-hydrogen) atoms. The summed E-state index contributed by atoms with van der Waals surface area (Å²) >= 11 is 1.12. The predicted molar refractivity (Wildman–Crippen MR) is 139 cm³/mol. The van der Waals surface area contributed by atoms with Crippen LogP contribution in [-0.4, -0.2) is 64.9 Å².